The maximum absolute atomic E-state index is 13.3. The second-order valence-corrected chi connectivity index (χ2v) is 8.62. The first kappa shape index (κ1) is 20.5. The largest absolute Gasteiger partial charge is 0.322 e. The number of piperidine rings is 1. The molecule has 164 valence electrons. The summed E-state index contributed by atoms with van der Waals surface area (Å²) >= 11 is 0. The molecule has 0 unspecified atom stereocenters. The molecule has 1 saturated heterocycles. The highest BCUT2D eigenvalue weighted by molar-refractivity contribution is 5.79. The predicted molar refractivity (Wildman–Crippen MR) is 119 cm³/mol. The van der Waals surface area contributed by atoms with E-state index in [0.29, 0.717) is 17.9 Å². The molecule has 32 heavy (non-hydrogen) atoms. The molecule has 3 heterocycles. The quantitative estimate of drug-likeness (QED) is 0.506. The van der Waals surface area contributed by atoms with Gasteiger partial charge in [-0.1, -0.05) is 23.8 Å². The van der Waals surface area contributed by atoms with Gasteiger partial charge in [0, 0.05) is 5.52 Å². The first-order valence-corrected chi connectivity index (χ1v) is 11.1. The van der Waals surface area contributed by atoms with Crippen LogP contribution in [0.2, 0.25) is 0 Å². The molecule has 0 radical (unpaired) electrons. The number of nitrogens with zero attached hydrogens (tertiary/aromatic N) is 4. The lowest BCUT2D eigenvalue weighted by atomic mass is 10.00. The number of rotatable bonds is 5. The Morgan fingerprint density at radius 1 is 1.09 bits per heavy atom. The van der Waals surface area contributed by atoms with Crippen molar-refractivity contribution >= 4 is 10.9 Å². The first-order valence-electron chi connectivity index (χ1n) is 11.1. The van der Waals surface area contributed by atoms with Crippen LogP contribution in [-0.2, 0) is 6.54 Å². The summed E-state index contributed by atoms with van der Waals surface area (Å²) in [5, 5.41) is 13.5. The molecular formula is C24H26FN6O+. The summed E-state index contributed by atoms with van der Waals surface area (Å²) in [5.74, 6) is 0.378. The minimum absolute atomic E-state index is 0.110. The van der Waals surface area contributed by atoms with Crippen LogP contribution >= 0.6 is 0 Å². The van der Waals surface area contributed by atoms with Crippen LogP contribution in [0.25, 0.3) is 10.9 Å². The molecule has 4 aromatic rings. The number of hydrogen-bond donors (Lipinski definition) is 2. The lowest BCUT2D eigenvalue weighted by Gasteiger charge is -2.30. The normalized spacial score (nSPS) is 15.8. The van der Waals surface area contributed by atoms with Crippen LogP contribution in [0.15, 0.2) is 53.3 Å². The van der Waals surface area contributed by atoms with Gasteiger partial charge in [-0.3, -0.25) is 4.79 Å². The highest BCUT2D eigenvalue weighted by Gasteiger charge is 2.34. The molecule has 0 aliphatic carbocycles. The zero-order valence-corrected chi connectivity index (χ0v) is 18.0. The Hall–Kier alpha value is -3.39. The lowest BCUT2D eigenvalue weighted by Crippen LogP contribution is -3.13. The van der Waals surface area contributed by atoms with Crippen molar-refractivity contribution in [3.63, 3.8) is 0 Å². The molecule has 5 rings (SSSR count). The highest BCUT2D eigenvalue weighted by Crippen LogP contribution is 2.21. The van der Waals surface area contributed by atoms with Gasteiger partial charge >= 0.3 is 0 Å². The van der Waals surface area contributed by atoms with Crippen molar-refractivity contribution in [2.45, 2.75) is 38.8 Å². The Bertz CT molecular complexity index is 1290. The van der Waals surface area contributed by atoms with E-state index in [1.165, 1.54) is 23.5 Å². The first-order chi connectivity index (χ1) is 15.6. The molecular weight excluding hydrogens is 407 g/mol. The molecule has 0 spiro atoms. The summed E-state index contributed by atoms with van der Waals surface area (Å²) in [4.78, 5) is 17.6. The van der Waals surface area contributed by atoms with E-state index in [1.54, 1.807) is 16.8 Å². The summed E-state index contributed by atoms with van der Waals surface area (Å²) in [6.07, 6.45) is 3.41. The number of fused-ring (bicyclic) bond motifs is 1. The summed E-state index contributed by atoms with van der Waals surface area (Å²) in [6.45, 7) is 4.37. The molecule has 1 fully saturated rings. The van der Waals surface area contributed by atoms with Gasteiger partial charge in [-0.15, -0.1) is 5.10 Å². The Balaban J connectivity index is 1.61. The van der Waals surface area contributed by atoms with Crippen molar-refractivity contribution in [2.24, 2.45) is 0 Å². The molecule has 0 amide bonds. The Labute approximate surface area is 184 Å². The smallest absolute Gasteiger partial charge is 0.258 e. The van der Waals surface area contributed by atoms with Crippen LogP contribution in [0.5, 0.6) is 0 Å². The molecule has 1 aliphatic heterocycles. The number of aryl methyl sites for hydroxylation is 1. The number of halogens is 1. The maximum Gasteiger partial charge on any atom is 0.258 e. The minimum atomic E-state index is -0.278. The number of aromatic nitrogens is 5. The van der Waals surface area contributed by atoms with Gasteiger partial charge in [0.2, 0.25) is 5.82 Å². The molecule has 1 atom stereocenters. The van der Waals surface area contributed by atoms with Gasteiger partial charge in [-0.2, -0.15) is 0 Å². The zero-order valence-electron chi connectivity index (χ0n) is 18.0. The number of benzene rings is 2. The Morgan fingerprint density at radius 2 is 1.88 bits per heavy atom. The lowest BCUT2D eigenvalue weighted by molar-refractivity contribution is -0.931. The van der Waals surface area contributed by atoms with Crippen LogP contribution < -0.4 is 10.5 Å². The average molecular weight is 434 g/mol. The molecule has 7 nitrogen and oxygen atoms in total. The van der Waals surface area contributed by atoms with Crippen LogP contribution in [0, 0.1) is 12.7 Å². The van der Waals surface area contributed by atoms with Crippen molar-refractivity contribution in [1.29, 1.82) is 0 Å². The van der Waals surface area contributed by atoms with Crippen LogP contribution in [0.1, 0.15) is 47.8 Å². The van der Waals surface area contributed by atoms with E-state index in [4.69, 9.17) is 0 Å². The average Bonchev–Trinajstić information content (AvgIpc) is 3.24. The minimum Gasteiger partial charge on any atom is -0.322 e. The Kier molecular flexibility index (Phi) is 5.53. The number of aromatic amines is 1. The van der Waals surface area contributed by atoms with Gasteiger partial charge in [-0.25, -0.2) is 9.07 Å². The summed E-state index contributed by atoms with van der Waals surface area (Å²) in [6, 6.07) is 14.1. The molecule has 8 heteroatoms. The third-order valence-electron chi connectivity index (χ3n) is 6.31. The second-order valence-electron chi connectivity index (χ2n) is 8.62. The van der Waals surface area contributed by atoms with Crippen LogP contribution in [-0.4, -0.2) is 38.3 Å². The van der Waals surface area contributed by atoms with Crippen LogP contribution in [0.3, 0.4) is 0 Å². The van der Waals surface area contributed by atoms with Gasteiger partial charge in [-0.05, 0) is 77.9 Å². The third kappa shape index (κ3) is 4.05. The van der Waals surface area contributed by atoms with Gasteiger partial charge < -0.3 is 9.88 Å². The topological polar surface area (TPSA) is 80.9 Å². The maximum atomic E-state index is 13.3. The van der Waals surface area contributed by atoms with Crippen molar-refractivity contribution in [1.82, 2.24) is 25.2 Å². The second kappa shape index (κ2) is 8.63. The van der Waals surface area contributed by atoms with E-state index in [2.05, 4.69) is 26.6 Å². The number of pyridine rings is 1. The number of quaternary nitrogens is 1. The predicted octanol–water partition coefficient (Wildman–Crippen LogP) is 2.17. The number of tetrazole rings is 1. The number of likely N-dealkylation sites (tertiary alicyclic amines) is 1. The molecule has 0 saturated carbocycles. The van der Waals surface area contributed by atoms with Gasteiger partial charge in [0.15, 0.2) is 6.04 Å². The van der Waals surface area contributed by atoms with Crippen molar-refractivity contribution in [3.8, 4) is 0 Å². The fourth-order valence-electron chi connectivity index (χ4n) is 4.69. The molecule has 2 aromatic carbocycles. The zero-order chi connectivity index (χ0) is 22.1. The van der Waals surface area contributed by atoms with Gasteiger partial charge in [0.05, 0.1) is 25.2 Å². The Morgan fingerprint density at radius 3 is 2.66 bits per heavy atom. The van der Waals surface area contributed by atoms with E-state index in [9.17, 15) is 9.18 Å². The standard InChI is InChI=1S/C24H25FN6O/c1-16-5-10-21-18(13-16)14-20(24(32)26-21)22(30-11-3-2-4-12-30)23-27-28-29-31(23)15-17-6-8-19(25)9-7-17/h5-10,13-14,22H,2-4,11-12,15H2,1H3,(H,26,32)/p+1/t22-/m0/s1. The summed E-state index contributed by atoms with van der Waals surface area (Å²) < 4.78 is 15.1. The molecule has 0 bridgehead atoms. The highest BCUT2D eigenvalue weighted by atomic mass is 19.1. The third-order valence-corrected chi connectivity index (χ3v) is 6.31. The van der Waals surface area contributed by atoms with E-state index >= 15 is 0 Å². The van der Waals surface area contributed by atoms with E-state index < -0.39 is 0 Å². The number of H-pyrrole nitrogens is 1. The van der Waals surface area contributed by atoms with Gasteiger partial charge in [0.25, 0.3) is 5.56 Å². The fraction of sp³-hybridized carbons (Fsp3) is 0.333. The van der Waals surface area contributed by atoms with Crippen LogP contribution in [0.4, 0.5) is 4.39 Å². The van der Waals surface area contributed by atoms with E-state index in [1.807, 2.05) is 25.1 Å². The SMILES string of the molecule is Cc1ccc2[nH]c(=O)c([C@@H](c3nnnn3Cc3ccc(F)cc3)[NH+]3CCCCC3)cc2c1. The summed E-state index contributed by atoms with van der Waals surface area (Å²) in [5.41, 5.74) is 3.42. The van der Waals surface area contributed by atoms with E-state index in [-0.39, 0.29) is 17.4 Å². The van der Waals surface area contributed by atoms with Crippen molar-refractivity contribution < 1.29 is 9.29 Å². The molecule has 2 N–H and O–H groups in total. The number of nitrogens with one attached hydrogen (secondary N) is 2. The molecule has 2 aromatic heterocycles. The monoisotopic (exact) mass is 433 g/mol. The summed E-state index contributed by atoms with van der Waals surface area (Å²) in [7, 11) is 0. The fourth-order valence-corrected chi connectivity index (χ4v) is 4.69. The van der Waals surface area contributed by atoms with E-state index in [0.717, 1.165) is 48.0 Å². The van der Waals surface area contributed by atoms with Crippen molar-refractivity contribution in [3.05, 3.63) is 87.2 Å². The van der Waals surface area contributed by atoms with Gasteiger partial charge in [0.1, 0.15) is 5.82 Å². The number of hydrogen-bond acceptors (Lipinski definition) is 4. The molecule has 1 aliphatic rings. The van der Waals surface area contributed by atoms with Crippen molar-refractivity contribution in [2.75, 3.05) is 13.1 Å².